The zero-order valence-corrected chi connectivity index (χ0v) is 11.1. The zero-order valence-electron chi connectivity index (χ0n) is 11.1. The van der Waals surface area contributed by atoms with Gasteiger partial charge in [0.05, 0.1) is 26.9 Å². The van der Waals surface area contributed by atoms with Gasteiger partial charge in [0, 0.05) is 18.5 Å². The van der Waals surface area contributed by atoms with Crippen LogP contribution in [0.4, 0.5) is 0 Å². The van der Waals surface area contributed by atoms with Crippen molar-refractivity contribution in [3.63, 3.8) is 0 Å². The summed E-state index contributed by atoms with van der Waals surface area (Å²) in [5.74, 6) is -0.666. The van der Waals surface area contributed by atoms with E-state index in [1.807, 2.05) is 6.08 Å². The first-order valence-corrected chi connectivity index (χ1v) is 6.40. The van der Waals surface area contributed by atoms with Crippen molar-refractivity contribution in [2.45, 2.75) is 25.6 Å². The summed E-state index contributed by atoms with van der Waals surface area (Å²) >= 11 is 0. The van der Waals surface area contributed by atoms with E-state index in [-0.39, 0.29) is 5.97 Å². The molecule has 2 saturated heterocycles. The summed E-state index contributed by atoms with van der Waals surface area (Å²) in [7, 11) is 1.40. The summed E-state index contributed by atoms with van der Waals surface area (Å²) < 4.78 is 16.1. The van der Waals surface area contributed by atoms with Gasteiger partial charge in [-0.25, -0.2) is 4.79 Å². The molecular formula is C13H21NO4. The van der Waals surface area contributed by atoms with Crippen LogP contribution in [-0.2, 0) is 19.0 Å². The molecule has 2 heterocycles. The van der Waals surface area contributed by atoms with Gasteiger partial charge in [-0.2, -0.15) is 0 Å². The predicted octanol–water partition coefficient (Wildman–Crippen LogP) is 0.945. The van der Waals surface area contributed by atoms with E-state index in [1.165, 1.54) is 7.11 Å². The number of esters is 1. The first-order chi connectivity index (χ1) is 8.65. The van der Waals surface area contributed by atoms with Gasteiger partial charge in [0.2, 0.25) is 0 Å². The highest BCUT2D eigenvalue weighted by Crippen LogP contribution is 2.29. The zero-order chi connectivity index (χ0) is 13.0. The SMILES string of the molecule is COC(=O)C(C)=CCN1CCCC2(C1)OCCO2. The van der Waals surface area contributed by atoms with Gasteiger partial charge in [-0.05, 0) is 19.9 Å². The number of hydrogen-bond acceptors (Lipinski definition) is 5. The standard InChI is InChI=1S/C13H21NO4/c1-11(12(15)16-2)4-7-14-6-3-5-13(10-14)17-8-9-18-13/h4H,3,5-10H2,1-2H3. The van der Waals surface area contributed by atoms with E-state index in [2.05, 4.69) is 9.64 Å². The third-order valence-corrected chi connectivity index (χ3v) is 3.47. The molecule has 0 radical (unpaired) electrons. The van der Waals surface area contributed by atoms with Crippen LogP contribution in [0.5, 0.6) is 0 Å². The lowest BCUT2D eigenvalue weighted by atomic mass is 10.0. The van der Waals surface area contributed by atoms with Crippen molar-refractivity contribution in [1.29, 1.82) is 0 Å². The minimum absolute atomic E-state index is 0.268. The van der Waals surface area contributed by atoms with E-state index in [9.17, 15) is 4.79 Å². The number of carbonyl (C=O) groups is 1. The molecule has 0 atom stereocenters. The summed E-state index contributed by atoms with van der Waals surface area (Å²) in [6, 6.07) is 0. The van der Waals surface area contributed by atoms with Gasteiger partial charge in [-0.1, -0.05) is 6.08 Å². The quantitative estimate of drug-likeness (QED) is 0.555. The summed E-state index contributed by atoms with van der Waals surface area (Å²) in [5.41, 5.74) is 0.644. The number of rotatable bonds is 3. The van der Waals surface area contributed by atoms with Gasteiger partial charge in [-0.3, -0.25) is 4.90 Å². The van der Waals surface area contributed by atoms with Crippen molar-refractivity contribution in [1.82, 2.24) is 4.90 Å². The number of likely N-dealkylation sites (tertiary alicyclic amines) is 1. The average molecular weight is 255 g/mol. The van der Waals surface area contributed by atoms with E-state index in [1.54, 1.807) is 6.92 Å². The van der Waals surface area contributed by atoms with Crippen molar-refractivity contribution >= 4 is 5.97 Å². The Kier molecular flexibility index (Phi) is 4.37. The van der Waals surface area contributed by atoms with Gasteiger partial charge in [-0.15, -0.1) is 0 Å². The van der Waals surface area contributed by atoms with Gasteiger partial charge in [0.25, 0.3) is 0 Å². The largest absolute Gasteiger partial charge is 0.466 e. The minimum atomic E-state index is -0.398. The van der Waals surface area contributed by atoms with Crippen LogP contribution in [-0.4, -0.2) is 56.6 Å². The van der Waals surface area contributed by atoms with Gasteiger partial charge >= 0.3 is 5.97 Å². The Labute approximate surface area is 108 Å². The Morgan fingerprint density at radius 1 is 1.44 bits per heavy atom. The fraction of sp³-hybridized carbons (Fsp3) is 0.769. The van der Waals surface area contributed by atoms with Crippen LogP contribution in [0.15, 0.2) is 11.6 Å². The highest BCUT2D eigenvalue weighted by molar-refractivity contribution is 5.87. The second kappa shape index (κ2) is 5.82. The lowest BCUT2D eigenvalue weighted by molar-refractivity contribution is -0.188. The van der Waals surface area contributed by atoms with Crippen LogP contribution in [0, 0.1) is 0 Å². The minimum Gasteiger partial charge on any atom is -0.466 e. The summed E-state index contributed by atoms with van der Waals surface area (Å²) in [5, 5.41) is 0. The molecule has 0 amide bonds. The van der Waals surface area contributed by atoms with Gasteiger partial charge in [0.1, 0.15) is 0 Å². The van der Waals surface area contributed by atoms with E-state index in [0.29, 0.717) is 18.8 Å². The van der Waals surface area contributed by atoms with Crippen molar-refractivity contribution in [2.24, 2.45) is 0 Å². The molecule has 0 aromatic rings. The van der Waals surface area contributed by atoms with E-state index in [0.717, 1.165) is 32.5 Å². The molecule has 0 aromatic carbocycles. The number of hydrogen-bond donors (Lipinski definition) is 0. The fourth-order valence-corrected chi connectivity index (χ4v) is 2.47. The topological polar surface area (TPSA) is 48.0 Å². The summed E-state index contributed by atoms with van der Waals surface area (Å²) in [6.07, 6.45) is 3.92. The van der Waals surface area contributed by atoms with Crippen LogP contribution in [0.2, 0.25) is 0 Å². The molecular weight excluding hydrogens is 234 g/mol. The highest BCUT2D eigenvalue weighted by atomic mass is 16.7. The molecule has 0 aromatic heterocycles. The van der Waals surface area contributed by atoms with Crippen LogP contribution in [0.3, 0.4) is 0 Å². The van der Waals surface area contributed by atoms with Gasteiger partial charge < -0.3 is 14.2 Å². The predicted molar refractivity (Wildman–Crippen MR) is 66.1 cm³/mol. The molecule has 0 aliphatic carbocycles. The smallest absolute Gasteiger partial charge is 0.333 e. The van der Waals surface area contributed by atoms with Crippen LogP contribution < -0.4 is 0 Å². The number of ether oxygens (including phenoxy) is 3. The molecule has 5 heteroatoms. The van der Waals surface area contributed by atoms with Gasteiger partial charge in [0.15, 0.2) is 5.79 Å². The Balaban J connectivity index is 1.88. The Bertz CT molecular complexity index is 334. The first kappa shape index (κ1) is 13.5. The molecule has 2 aliphatic heterocycles. The number of methoxy groups -OCH3 is 1. The molecule has 2 aliphatic rings. The second-order valence-electron chi connectivity index (χ2n) is 4.82. The maximum atomic E-state index is 11.3. The molecule has 1 spiro atoms. The Morgan fingerprint density at radius 2 is 2.17 bits per heavy atom. The molecule has 102 valence electrons. The van der Waals surface area contributed by atoms with Crippen molar-refractivity contribution in [3.8, 4) is 0 Å². The fourth-order valence-electron chi connectivity index (χ4n) is 2.47. The summed E-state index contributed by atoms with van der Waals surface area (Å²) in [6.45, 7) is 5.66. The van der Waals surface area contributed by atoms with Crippen molar-refractivity contribution < 1.29 is 19.0 Å². The normalized spacial score (nSPS) is 24.4. The van der Waals surface area contributed by atoms with Crippen LogP contribution >= 0.6 is 0 Å². The number of piperidine rings is 1. The van der Waals surface area contributed by atoms with E-state index < -0.39 is 5.79 Å². The molecule has 18 heavy (non-hydrogen) atoms. The maximum absolute atomic E-state index is 11.3. The summed E-state index contributed by atoms with van der Waals surface area (Å²) in [4.78, 5) is 13.5. The Hall–Kier alpha value is -0.910. The highest BCUT2D eigenvalue weighted by Gasteiger charge is 2.40. The average Bonchev–Trinajstić information content (AvgIpc) is 2.83. The molecule has 0 bridgehead atoms. The molecule has 0 N–H and O–H groups in total. The molecule has 0 saturated carbocycles. The van der Waals surface area contributed by atoms with Crippen molar-refractivity contribution in [3.05, 3.63) is 11.6 Å². The molecule has 5 nitrogen and oxygen atoms in total. The molecule has 2 rings (SSSR count). The van der Waals surface area contributed by atoms with Crippen LogP contribution in [0.25, 0.3) is 0 Å². The van der Waals surface area contributed by atoms with E-state index in [4.69, 9.17) is 9.47 Å². The van der Waals surface area contributed by atoms with E-state index >= 15 is 0 Å². The van der Waals surface area contributed by atoms with Crippen molar-refractivity contribution in [2.75, 3.05) is 40.0 Å². The van der Waals surface area contributed by atoms with Crippen LogP contribution in [0.1, 0.15) is 19.8 Å². The maximum Gasteiger partial charge on any atom is 0.333 e. The number of carbonyl (C=O) groups excluding carboxylic acids is 1. The second-order valence-corrected chi connectivity index (χ2v) is 4.82. The number of nitrogens with zero attached hydrogens (tertiary/aromatic N) is 1. The lowest BCUT2D eigenvalue weighted by Crippen LogP contribution is -2.48. The molecule has 0 unspecified atom stereocenters. The Morgan fingerprint density at radius 3 is 2.83 bits per heavy atom. The molecule has 2 fully saturated rings. The monoisotopic (exact) mass is 255 g/mol. The third kappa shape index (κ3) is 3.10. The first-order valence-electron chi connectivity index (χ1n) is 6.40. The third-order valence-electron chi connectivity index (χ3n) is 3.47. The lowest BCUT2D eigenvalue weighted by Gasteiger charge is -2.38.